The Kier molecular flexibility index (Phi) is 8.08. The van der Waals surface area contributed by atoms with E-state index in [2.05, 4.69) is 4.98 Å². The molecular weight excluding hydrogens is 242 g/mol. The van der Waals surface area contributed by atoms with Crippen molar-refractivity contribution in [1.82, 2.24) is 4.98 Å². The molecule has 0 radical (unpaired) electrons. The van der Waals surface area contributed by atoms with Crippen LogP contribution in [0.1, 0.15) is 33.8 Å². The predicted octanol–water partition coefficient (Wildman–Crippen LogP) is 0.229. The molecule has 0 spiro atoms. The molecule has 18 heavy (non-hydrogen) atoms. The fourth-order valence-electron chi connectivity index (χ4n) is 0.897. The van der Waals surface area contributed by atoms with Crippen LogP contribution in [-0.4, -0.2) is 50.6 Å². The molecule has 0 atom stereocenters. The molecule has 0 fully saturated rings. The average molecular weight is 257 g/mol. The second kappa shape index (κ2) is 9.08. The average Bonchev–Trinajstić information content (AvgIpc) is 2.37. The summed E-state index contributed by atoms with van der Waals surface area (Å²) in [5.74, 6) is -2.48. The van der Waals surface area contributed by atoms with Gasteiger partial charge in [0.1, 0.15) is 11.4 Å². The van der Waals surface area contributed by atoms with Crippen LogP contribution >= 0.6 is 0 Å². The molecule has 0 aliphatic rings. The Morgan fingerprint density at radius 2 is 1.33 bits per heavy atom. The summed E-state index contributed by atoms with van der Waals surface area (Å²) in [5, 5.41) is 33.0. The number of rotatable bonds is 5. The number of nitrogens with zero attached hydrogens (tertiary/aromatic N) is 1. The number of aliphatic hydroxyl groups excluding tert-OH is 2. The standard InChI is InChI=1S/C7H5NO4.C4H10O2/c9-6(10)4-2-1-3-5(8-4)7(11)12;5-3-1-2-4-6/h1-3H,(H,9,10)(H,11,12);5-6H,1-4H2. The Balaban J connectivity index is 0.000000411. The molecular formula is C11H15NO6. The fraction of sp³-hybridized carbons (Fsp3) is 0.364. The van der Waals surface area contributed by atoms with Gasteiger partial charge in [-0.2, -0.15) is 0 Å². The van der Waals surface area contributed by atoms with Crippen molar-refractivity contribution < 1.29 is 30.0 Å². The summed E-state index contributed by atoms with van der Waals surface area (Å²) in [6.07, 6.45) is 1.44. The molecule has 0 bridgehead atoms. The molecule has 0 unspecified atom stereocenters. The van der Waals surface area contributed by atoms with Gasteiger partial charge in [0.2, 0.25) is 0 Å². The van der Waals surface area contributed by atoms with E-state index in [1.807, 2.05) is 0 Å². The van der Waals surface area contributed by atoms with Gasteiger partial charge in [-0.15, -0.1) is 0 Å². The third kappa shape index (κ3) is 6.56. The van der Waals surface area contributed by atoms with E-state index in [1.54, 1.807) is 0 Å². The molecule has 7 nitrogen and oxygen atoms in total. The van der Waals surface area contributed by atoms with Gasteiger partial charge in [-0.25, -0.2) is 14.6 Å². The highest BCUT2D eigenvalue weighted by atomic mass is 16.4. The van der Waals surface area contributed by atoms with E-state index in [-0.39, 0.29) is 24.6 Å². The quantitative estimate of drug-likeness (QED) is 0.556. The van der Waals surface area contributed by atoms with Crippen LogP contribution in [0.5, 0.6) is 0 Å². The minimum atomic E-state index is -1.24. The fourth-order valence-corrected chi connectivity index (χ4v) is 0.897. The van der Waals surface area contributed by atoms with Crippen LogP contribution in [0.25, 0.3) is 0 Å². The van der Waals surface area contributed by atoms with Crippen LogP contribution < -0.4 is 0 Å². The Labute approximate surface area is 103 Å². The number of hydrogen-bond donors (Lipinski definition) is 4. The van der Waals surface area contributed by atoms with E-state index in [9.17, 15) is 9.59 Å². The number of carboxylic acids is 2. The number of aromatic carboxylic acids is 2. The molecule has 1 rings (SSSR count). The normalized spacial score (nSPS) is 9.22. The van der Waals surface area contributed by atoms with Crippen molar-refractivity contribution in [3.63, 3.8) is 0 Å². The molecule has 0 amide bonds. The van der Waals surface area contributed by atoms with E-state index in [1.165, 1.54) is 18.2 Å². The van der Waals surface area contributed by atoms with Crippen molar-refractivity contribution in [3.05, 3.63) is 29.6 Å². The second-order valence-electron chi connectivity index (χ2n) is 3.17. The van der Waals surface area contributed by atoms with Crippen LogP contribution in [0.3, 0.4) is 0 Å². The molecule has 0 saturated carbocycles. The largest absolute Gasteiger partial charge is 0.477 e. The van der Waals surface area contributed by atoms with Gasteiger partial charge in [0.05, 0.1) is 0 Å². The lowest BCUT2D eigenvalue weighted by atomic mass is 10.3. The van der Waals surface area contributed by atoms with E-state index < -0.39 is 11.9 Å². The lowest BCUT2D eigenvalue weighted by molar-refractivity contribution is 0.0685. The molecule has 0 aliphatic heterocycles. The molecule has 4 N–H and O–H groups in total. The number of pyridine rings is 1. The van der Waals surface area contributed by atoms with Gasteiger partial charge in [0.25, 0.3) is 0 Å². The topological polar surface area (TPSA) is 128 Å². The van der Waals surface area contributed by atoms with Gasteiger partial charge in [-0.05, 0) is 25.0 Å². The van der Waals surface area contributed by atoms with Gasteiger partial charge in [-0.3, -0.25) is 0 Å². The summed E-state index contributed by atoms with van der Waals surface area (Å²) < 4.78 is 0. The summed E-state index contributed by atoms with van der Waals surface area (Å²) in [4.78, 5) is 24.0. The zero-order valence-electron chi connectivity index (χ0n) is 9.61. The van der Waals surface area contributed by atoms with Crippen molar-refractivity contribution in [1.29, 1.82) is 0 Å². The maximum atomic E-state index is 10.3. The third-order valence-electron chi connectivity index (χ3n) is 1.75. The highest BCUT2D eigenvalue weighted by molar-refractivity contribution is 5.89. The summed E-state index contributed by atoms with van der Waals surface area (Å²) in [7, 11) is 0. The third-order valence-corrected chi connectivity index (χ3v) is 1.75. The molecule has 0 saturated heterocycles. The van der Waals surface area contributed by atoms with Gasteiger partial charge in [-0.1, -0.05) is 6.07 Å². The molecule has 1 heterocycles. The first-order valence-corrected chi connectivity index (χ1v) is 5.18. The van der Waals surface area contributed by atoms with Crippen molar-refractivity contribution >= 4 is 11.9 Å². The highest BCUT2D eigenvalue weighted by Crippen LogP contribution is 1.98. The second-order valence-corrected chi connectivity index (χ2v) is 3.17. The van der Waals surface area contributed by atoms with E-state index in [0.717, 1.165) is 12.8 Å². The van der Waals surface area contributed by atoms with E-state index in [4.69, 9.17) is 20.4 Å². The van der Waals surface area contributed by atoms with Crippen molar-refractivity contribution in [2.24, 2.45) is 0 Å². The van der Waals surface area contributed by atoms with Crippen LogP contribution in [-0.2, 0) is 0 Å². The van der Waals surface area contributed by atoms with Crippen molar-refractivity contribution in [2.45, 2.75) is 12.8 Å². The first kappa shape index (κ1) is 16.0. The molecule has 100 valence electrons. The van der Waals surface area contributed by atoms with Gasteiger partial charge in [0, 0.05) is 13.2 Å². The Hall–Kier alpha value is -1.99. The molecule has 1 aromatic rings. The zero-order valence-corrected chi connectivity index (χ0v) is 9.61. The molecule has 0 aromatic carbocycles. The maximum absolute atomic E-state index is 10.3. The number of aliphatic hydroxyl groups is 2. The lowest BCUT2D eigenvalue weighted by Crippen LogP contribution is -2.06. The number of hydrogen-bond acceptors (Lipinski definition) is 5. The molecule has 7 heteroatoms. The minimum absolute atomic E-state index is 0.195. The number of carboxylic acid groups (broad SMARTS) is 2. The van der Waals surface area contributed by atoms with Crippen molar-refractivity contribution in [3.8, 4) is 0 Å². The van der Waals surface area contributed by atoms with Gasteiger partial charge in [0.15, 0.2) is 0 Å². The van der Waals surface area contributed by atoms with Crippen LogP contribution in [0.15, 0.2) is 18.2 Å². The Bertz CT molecular complexity index is 360. The lowest BCUT2D eigenvalue weighted by Gasteiger charge is -1.94. The first-order chi connectivity index (χ1) is 8.52. The maximum Gasteiger partial charge on any atom is 0.354 e. The monoisotopic (exact) mass is 257 g/mol. The Morgan fingerprint density at radius 3 is 1.61 bits per heavy atom. The van der Waals surface area contributed by atoms with Crippen LogP contribution in [0, 0.1) is 0 Å². The summed E-state index contributed by atoms with van der Waals surface area (Å²) in [6.45, 7) is 0.390. The van der Waals surface area contributed by atoms with Crippen molar-refractivity contribution in [2.75, 3.05) is 13.2 Å². The summed E-state index contributed by atoms with van der Waals surface area (Å²) in [6, 6.07) is 3.80. The SMILES string of the molecule is O=C(O)c1cccc(C(=O)O)n1.OCCCCO. The minimum Gasteiger partial charge on any atom is -0.477 e. The summed E-state index contributed by atoms with van der Waals surface area (Å²) in [5.41, 5.74) is -0.537. The van der Waals surface area contributed by atoms with Crippen LogP contribution in [0.2, 0.25) is 0 Å². The Morgan fingerprint density at radius 1 is 0.944 bits per heavy atom. The first-order valence-electron chi connectivity index (χ1n) is 5.18. The van der Waals surface area contributed by atoms with E-state index in [0.29, 0.717) is 0 Å². The number of carbonyl (C=O) groups is 2. The smallest absolute Gasteiger partial charge is 0.354 e. The van der Waals surface area contributed by atoms with Gasteiger partial charge < -0.3 is 20.4 Å². The molecule has 1 aromatic heterocycles. The highest BCUT2D eigenvalue weighted by Gasteiger charge is 2.08. The predicted molar refractivity (Wildman–Crippen MR) is 61.6 cm³/mol. The van der Waals surface area contributed by atoms with Gasteiger partial charge >= 0.3 is 11.9 Å². The zero-order chi connectivity index (χ0) is 14.0. The summed E-state index contributed by atoms with van der Waals surface area (Å²) >= 11 is 0. The number of unbranched alkanes of at least 4 members (excludes halogenated alkanes) is 1. The number of aromatic nitrogens is 1. The molecule has 0 aliphatic carbocycles. The van der Waals surface area contributed by atoms with Crippen LogP contribution in [0.4, 0.5) is 0 Å². The van der Waals surface area contributed by atoms with E-state index >= 15 is 0 Å².